The van der Waals surface area contributed by atoms with Crippen molar-refractivity contribution in [1.82, 2.24) is 10.2 Å². The van der Waals surface area contributed by atoms with E-state index in [0.717, 1.165) is 45.1 Å². The van der Waals surface area contributed by atoms with E-state index in [0.29, 0.717) is 6.04 Å². The molecule has 1 fully saturated rings. The maximum absolute atomic E-state index is 5.44. The molecule has 1 N–H and O–H groups in total. The van der Waals surface area contributed by atoms with Crippen LogP contribution in [-0.2, 0) is 11.3 Å². The summed E-state index contributed by atoms with van der Waals surface area (Å²) in [5.74, 6) is 0.953. The molecule has 2 aliphatic rings. The Balaban J connectivity index is 1.89. The number of hydrogen-bond donors (Lipinski definition) is 1. The topological polar surface area (TPSA) is 33.7 Å². The molecule has 0 bridgehead atoms. The summed E-state index contributed by atoms with van der Waals surface area (Å²) in [7, 11) is 1.73. The van der Waals surface area contributed by atoms with E-state index in [2.05, 4.69) is 22.3 Å². The molecular formula is C14H20N2O2. The molecule has 0 radical (unpaired) electrons. The van der Waals surface area contributed by atoms with Gasteiger partial charge in [-0.3, -0.25) is 4.90 Å². The van der Waals surface area contributed by atoms with E-state index in [1.54, 1.807) is 7.11 Å². The lowest BCUT2D eigenvalue weighted by molar-refractivity contribution is 0.0146. The van der Waals surface area contributed by atoms with Crippen LogP contribution in [0.15, 0.2) is 18.2 Å². The minimum atomic E-state index is 0.452. The Morgan fingerprint density at radius 1 is 1.33 bits per heavy atom. The van der Waals surface area contributed by atoms with Gasteiger partial charge in [0, 0.05) is 32.2 Å². The minimum absolute atomic E-state index is 0.452. The summed E-state index contributed by atoms with van der Waals surface area (Å²) in [4.78, 5) is 2.51. The number of morpholine rings is 1. The van der Waals surface area contributed by atoms with E-state index in [4.69, 9.17) is 9.47 Å². The van der Waals surface area contributed by atoms with Gasteiger partial charge in [0.1, 0.15) is 5.75 Å². The lowest BCUT2D eigenvalue weighted by atomic mass is 9.95. The summed E-state index contributed by atoms with van der Waals surface area (Å²) in [5.41, 5.74) is 2.80. The first-order chi connectivity index (χ1) is 8.88. The second-order valence-corrected chi connectivity index (χ2v) is 4.86. The van der Waals surface area contributed by atoms with Crippen LogP contribution in [0.3, 0.4) is 0 Å². The standard InChI is InChI=1S/C14H20N2O2/c1-17-12-3-2-11-9-15-10-14(13(11)8-12)16-4-6-18-7-5-16/h2-3,8,14-15H,4-7,9-10H2,1H3/t14-/m0/s1. The number of hydrogen-bond acceptors (Lipinski definition) is 4. The molecule has 1 saturated heterocycles. The summed E-state index contributed by atoms with van der Waals surface area (Å²) in [5, 5.41) is 3.50. The van der Waals surface area contributed by atoms with Crippen LogP contribution in [0.25, 0.3) is 0 Å². The van der Waals surface area contributed by atoms with Crippen LogP contribution in [0, 0.1) is 0 Å². The van der Waals surface area contributed by atoms with Gasteiger partial charge in [0.25, 0.3) is 0 Å². The van der Waals surface area contributed by atoms with Crippen LogP contribution in [0.1, 0.15) is 17.2 Å². The van der Waals surface area contributed by atoms with Crippen molar-refractivity contribution in [3.8, 4) is 5.75 Å². The molecule has 4 nitrogen and oxygen atoms in total. The first kappa shape index (κ1) is 12.0. The number of methoxy groups -OCH3 is 1. The third kappa shape index (κ3) is 2.23. The maximum atomic E-state index is 5.44. The molecule has 18 heavy (non-hydrogen) atoms. The number of nitrogens with zero attached hydrogens (tertiary/aromatic N) is 1. The molecule has 2 aliphatic heterocycles. The lowest BCUT2D eigenvalue weighted by Gasteiger charge is -2.38. The van der Waals surface area contributed by atoms with Crippen molar-refractivity contribution in [2.24, 2.45) is 0 Å². The van der Waals surface area contributed by atoms with Gasteiger partial charge in [0.15, 0.2) is 0 Å². The van der Waals surface area contributed by atoms with Gasteiger partial charge in [-0.1, -0.05) is 6.07 Å². The highest BCUT2D eigenvalue weighted by Gasteiger charge is 2.27. The van der Waals surface area contributed by atoms with Gasteiger partial charge < -0.3 is 14.8 Å². The summed E-state index contributed by atoms with van der Waals surface area (Å²) in [6, 6.07) is 6.86. The molecule has 1 atom stereocenters. The van der Waals surface area contributed by atoms with E-state index >= 15 is 0 Å². The molecule has 0 amide bonds. The SMILES string of the molecule is COc1ccc2c(c1)[C@@H](N1CCOCC1)CNC2. The van der Waals surface area contributed by atoms with Crippen LogP contribution in [0.5, 0.6) is 5.75 Å². The fraction of sp³-hybridized carbons (Fsp3) is 0.571. The van der Waals surface area contributed by atoms with Crippen LogP contribution < -0.4 is 10.1 Å². The van der Waals surface area contributed by atoms with Gasteiger partial charge in [-0.2, -0.15) is 0 Å². The van der Waals surface area contributed by atoms with Crippen molar-refractivity contribution >= 4 is 0 Å². The van der Waals surface area contributed by atoms with Crippen molar-refractivity contribution in [3.63, 3.8) is 0 Å². The maximum Gasteiger partial charge on any atom is 0.119 e. The van der Waals surface area contributed by atoms with E-state index in [-0.39, 0.29) is 0 Å². The summed E-state index contributed by atoms with van der Waals surface area (Å²) >= 11 is 0. The zero-order chi connectivity index (χ0) is 12.4. The quantitative estimate of drug-likeness (QED) is 0.852. The Bertz CT molecular complexity index is 416. The fourth-order valence-corrected chi connectivity index (χ4v) is 2.84. The predicted octanol–water partition coefficient (Wildman–Crippen LogP) is 1.17. The second kappa shape index (κ2) is 5.26. The predicted molar refractivity (Wildman–Crippen MR) is 69.8 cm³/mol. The average Bonchev–Trinajstić information content (AvgIpc) is 2.47. The second-order valence-electron chi connectivity index (χ2n) is 4.86. The van der Waals surface area contributed by atoms with Gasteiger partial charge in [-0.05, 0) is 23.3 Å². The first-order valence-electron chi connectivity index (χ1n) is 6.58. The largest absolute Gasteiger partial charge is 0.497 e. The first-order valence-corrected chi connectivity index (χ1v) is 6.58. The van der Waals surface area contributed by atoms with Crippen molar-refractivity contribution in [2.45, 2.75) is 12.6 Å². The molecular weight excluding hydrogens is 228 g/mol. The van der Waals surface area contributed by atoms with E-state index < -0.39 is 0 Å². The molecule has 1 aromatic carbocycles. The van der Waals surface area contributed by atoms with Gasteiger partial charge in [0.05, 0.1) is 20.3 Å². The number of ether oxygens (including phenoxy) is 2. The Labute approximate surface area is 108 Å². The number of nitrogens with one attached hydrogen (secondary N) is 1. The highest BCUT2D eigenvalue weighted by Crippen LogP contribution is 2.30. The zero-order valence-corrected chi connectivity index (χ0v) is 10.8. The lowest BCUT2D eigenvalue weighted by Crippen LogP contribution is -2.45. The molecule has 0 saturated carbocycles. The normalized spacial score (nSPS) is 24.6. The molecule has 0 unspecified atom stereocenters. The van der Waals surface area contributed by atoms with Crippen molar-refractivity contribution in [2.75, 3.05) is 40.0 Å². The molecule has 0 spiro atoms. The van der Waals surface area contributed by atoms with Crippen LogP contribution in [0.4, 0.5) is 0 Å². The van der Waals surface area contributed by atoms with Crippen LogP contribution in [-0.4, -0.2) is 44.9 Å². The van der Waals surface area contributed by atoms with Crippen molar-refractivity contribution in [1.29, 1.82) is 0 Å². The van der Waals surface area contributed by atoms with Gasteiger partial charge in [0.2, 0.25) is 0 Å². The van der Waals surface area contributed by atoms with Gasteiger partial charge in [-0.25, -0.2) is 0 Å². The number of benzene rings is 1. The Morgan fingerprint density at radius 3 is 2.94 bits per heavy atom. The average molecular weight is 248 g/mol. The highest BCUT2D eigenvalue weighted by molar-refractivity contribution is 5.39. The molecule has 4 heteroatoms. The summed E-state index contributed by atoms with van der Waals surface area (Å²) in [6.07, 6.45) is 0. The Hall–Kier alpha value is -1.10. The molecule has 0 aliphatic carbocycles. The van der Waals surface area contributed by atoms with Crippen molar-refractivity contribution in [3.05, 3.63) is 29.3 Å². The Kier molecular flexibility index (Phi) is 3.50. The molecule has 0 aromatic heterocycles. The molecule has 3 rings (SSSR count). The van der Waals surface area contributed by atoms with Gasteiger partial charge in [-0.15, -0.1) is 0 Å². The summed E-state index contributed by atoms with van der Waals surface area (Å²) in [6.45, 7) is 5.69. The van der Waals surface area contributed by atoms with Crippen LogP contribution in [0.2, 0.25) is 0 Å². The van der Waals surface area contributed by atoms with E-state index in [1.165, 1.54) is 11.1 Å². The monoisotopic (exact) mass is 248 g/mol. The third-order valence-corrected chi connectivity index (χ3v) is 3.85. The van der Waals surface area contributed by atoms with Crippen molar-refractivity contribution < 1.29 is 9.47 Å². The zero-order valence-electron chi connectivity index (χ0n) is 10.8. The van der Waals surface area contributed by atoms with E-state index in [1.807, 2.05) is 6.07 Å². The Morgan fingerprint density at radius 2 is 2.17 bits per heavy atom. The van der Waals surface area contributed by atoms with Gasteiger partial charge >= 0.3 is 0 Å². The molecule has 1 aromatic rings. The molecule has 98 valence electrons. The molecule has 2 heterocycles. The third-order valence-electron chi connectivity index (χ3n) is 3.85. The fourth-order valence-electron chi connectivity index (χ4n) is 2.84. The number of fused-ring (bicyclic) bond motifs is 1. The minimum Gasteiger partial charge on any atom is -0.497 e. The highest BCUT2D eigenvalue weighted by atomic mass is 16.5. The smallest absolute Gasteiger partial charge is 0.119 e. The summed E-state index contributed by atoms with van der Waals surface area (Å²) < 4.78 is 10.8. The van der Waals surface area contributed by atoms with Crippen LogP contribution >= 0.6 is 0 Å². The van der Waals surface area contributed by atoms with E-state index in [9.17, 15) is 0 Å². The number of rotatable bonds is 2.